The lowest BCUT2D eigenvalue weighted by Gasteiger charge is -2.29. The van der Waals surface area contributed by atoms with E-state index in [1.807, 2.05) is 6.07 Å². The minimum atomic E-state index is 0.698. The predicted molar refractivity (Wildman–Crippen MR) is 82.7 cm³/mol. The molecular weight excluding hydrogens is 250 g/mol. The van der Waals surface area contributed by atoms with Crippen molar-refractivity contribution in [3.63, 3.8) is 0 Å². The van der Waals surface area contributed by atoms with Crippen LogP contribution in [-0.2, 0) is 6.42 Å². The van der Waals surface area contributed by atoms with Gasteiger partial charge in [-0.2, -0.15) is 0 Å². The number of ether oxygens (including phenoxy) is 2. The molecule has 1 saturated carbocycles. The topological polar surface area (TPSA) is 30.5 Å². The van der Waals surface area contributed by atoms with Crippen molar-refractivity contribution in [2.75, 3.05) is 20.8 Å². The molecule has 1 N–H and O–H groups in total. The molecule has 1 aliphatic carbocycles. The highest BCUT2D eigenvalue weighted by molar-refractivity contribution is 5.42. The van der Waals surface area contributed by atoms with Crippen molar-refractivity contribution in [2.24, 2.45) is 5.92 Å². The monoisotopic (exact) mass is 277 g/mol. The van der Waals surface area contributed by atoms with Crippen LogP contribution in [0.1, 0.15) is 38.2 Å². The first-order chi connectivity index (χ1) is 9.74. The highest BCUT2D eigenvalue weighted by Crippen LogP contribution is 2.28. The van der Waals surface area contributed by atoms with Crippen LogP contribution in [0.5, 0.6) is 11.5 Å². The van der Waals surface area contributed by atoms with Crippen LogP contribution in [-0.4, -0.2) is 26.8 Å². The van der Waals surface area contributed by atoms with Crippen molar-refractivity contribution >= 4 is 0 Å². The highest BCUT2D eigenvalue weighted by Gasteiger charge is 2.20. The second-order valence-corrected chi connectivity index (χ2v) is 5.76. The van der Waals surface area contributed by atoms with E-state index < -0.39 is 0 Å². The van der Waals surface area contributed by atoms with Crippen LogP contribution < -0.4 is 14.8 Å². The lowest BCUT2D eigenvalue weighted by atomic mass is 9.86. The Morgan fingerprint density at radius 3 is 2.55 bits per heavy atom. The molecule has 0 bridgehead atoms. The first-order valence-corrected chi connectivity index (χ1v) is 7.69. The summed E-state index contributed by atoms with van der Waals surface area (Å²) in [4.78, 5) is 0. The summed E-state index contributed by atoms with van der Waals surface area (Å²) in [7, 11) is 3.35. The molecular formula is C17H27NO2. The third-order valence-corrected chi connectivity index (χ3v) is 4.38. The van der Waals surface area contributed by atoms with Gasteiger partial charge in [-0.05, 0) is 49.4 Å². The Morgan fingerprint density at radius 1 is 1.10 bits per heavy atom. The minimum absolute atomic E-state index is 0.698. The zero-order chi connectivity index (χ0) is 14.4. The molecule has 2 atom stereocenters. The van der Waals surface area contributed by atoms with Gasteiger partial charge < -0.3 is 14.8 Å². The van der Waals surface area contributed by atoms with E-state index in [2.05, 4.69) is 24.4 Å². The summed E-state index contributed by atoms with van der Waals surface area (Å²) < 4.78 is 10.6. The predicted octanol–water partition coefficient (Wildman–Crippen LogP) is 3.41. The Morgan fingerprint density at radius 2 is 1.85 bits per heavy atom. The summed E-state index contributed by atoms with van der Waals surface area (Å²) in [5.74, 6) is 2.43. The fraction of sp³-hybridized carbons (Fsp3) is 0.647. The SMILES string of the molecule is COc1ccc(CCN[C@H]2CCCC[C@@H]2C)cc1OC. The number of hydrogen-bond donors (Lipinski definition) is 1. The molecule has 0 unspecified atom stereocenters. The molecule has 0 aromatic heterocycles. The zero-order valence-corrected chi connectivity index (χ0v) is 12.9. The van der Waals surface area contributed by atoms with Gasteiger partial charge in [0.1, 0.15) is 0 Å². The van der Waals surface area contributed by atoms with E-state index in [1.54, 1.807) is 14.2 Å². The van der Waals surface area contributed by atoms with Crippen LogP contribution in [0.4, 0.5) is 0 Å². The van der Waals surface area contributed by atoms with Crippen LogP contribution in [0, 0.1) is 5.92 Å². The molecule has 0 saturated heterocycles. The maximum absolute atomic E-state index is 5.34. The quantitative estimate of drug-likeness (QED) is 0.864. The van der Waals surface area contributed by atoms with Gasteiger partial charge >= 0.3 is 0 Å². The molecule has 2 rings (SSSR count). The molecule has 20 heavy (non-hydrogen) atoms. The molecule has 1 aliphatic rings. The smallest absolute Gasteiger partial charge is 0.160 e. The Bertz CT molecular complexity index is 419. The van der Waals surface area contributed by atoms with Gasteiger partial charge in [0.05, 0.1) is 14.2 Å². The number of rotatable bonds is 6. The van der Waals surface area contributed by atoms with Gasteiger partial charge in [-0.25, -0.2) is 0 Å². The van der Waals surface area contributed by atoms with Gasteiger partial charge in [-0.15, -0.1) is 0 Å². The molecule has 112 valence electrons. The first kappa shape index (κ1) is 15.2. The normalized spacial score (nSPS) is 22.6. The van der Waals surface area contributed by atoms with Crippen LogP contribution in [0.25, 0.3) is 0 Å². The van der Waals surface area contributed by atoms with Gasteiger partial charge in [0.15, 0.2) is 11.5 Å². The molecule has 0 aliphatic heterocycles. The molecule has 1 aromatic rings. The molecule has 0 amide bonds. The summed E-state index contributed by atoms with van der Waals surface area (Å²) in [5.41, 5.74) is 1.29. The van der Waals surface area contributed by atoms with Crippen molar-refractivity contribution in [3.05, 3.63) is 23.8 Å². The molecule has 1 aromatic carbocycles. The maximum atomic E-state index is 5.34. The lowest BCUT2D eigenvalue weighted by Crippen LogP contribution is -2.38. The van der Waals surface area contributed by atoms with Gasteiger partial charge in [0.25, 0.3) is 0 Å². The van der Waals surface area contributed by atoms with E-state index in [0.717, 1.165) is 30.4 Å². The van der Waals surface area contributed by atoms with Crippen LogP contribution in [0.15, 0.2) is 18.2 Å². The Labute approximate surface area is 122 Å². The summed E-state index contributed by atoms with van der Waals surface area (Å²) >= 11 is 0. The van der Waals surface area contributed by atoms with Crippen LogP contribution >= 0.6 is 0 Å². The second kappa shape index (κ2) is 7.53. The van der Waals surface area contributed by atoms with Crippen molar-refractivity contribution in [2.45, 2.75) is 45.1 Å². The summed E-state index contributed by atoms with van der Waals surface area (Å²) in [5, 5.41) is 3.71. The highest BCUT2D eigenvalue weighted by atomic mass is 16.5. The number of benzene rings is 1. The third kappa shape index (κ3) is 3.89. The average molecular weight is 277 g/mol. The standard InChI is InChI=1S/C17H27NO2/c1-13-6-4-5-7-15(13)18-11-10-14-8-9-16(19-2)17(12-14)20-3/h8-9,12-13,15,18H,4-7,10-11H2,1-3H3/t13-,15-/m0/s1. The van der Waals surface area contributed by atoms with Crippen molar-refractivity contribution in [1.29, 1.82) is 0 Å². The van der Waals surface area contributed by atoms with Crippen molar-refractivity contribution in [3.8, 4) is 11.5 Å². The number of nitrogens with one attached hydrogen (secondary N) is 1. The summed E-state index contributed by atoms with van der Waals surface area (Å²) in [6.45, 7) is 3.40. The lowest BCUT2D eigenvalue weighted by molar-refractivity contribution is 0.282. The van der Waals surface area contributed by atoms with E-state index in [-0.39, 0.29) is 0 Å². The fourth-order valence-corrected chi connectivity index (χ4v) is 3.06. The molecule has 3 nitrogen and oxygen atoms in total. The Hall–Kier alpha value is -1.22. The first-order valence-electron chi connectivity index (χ1n) is 7.69. The van der Waals surface area contributed by atoms with E-state index in [4.69, 9.17) is 9.47 Å². The largest absolute Gasteiger partial charge is 0.493 e. The van der Waals surface area contributed by atoms with Crippen molar-refractivity contribution in [1.82, 2.24) is 5.32 Å². The zero-order valence-electron chi connectivity index (χ0n) is 12.9. The maximum Gasteiger partial charge on any atom is 0.160 e. The van der Waals surface area contributed by atoms with E-state index >= 15 is 0 Å². The van der Waals surface area contributed by atoms with Gasteiger partial charge in [-0.1, -0.05) is 25.8 Å². The summed E-state index contributed by atoms with van der Waals surface area (Å²) in [6.07, 6.45) is 6.50. The van der Waals surface area contributed by atoms with Crippen LogP contribution in [0.2, 0.25) is 0 Å². The molecule has 0 heterocycles. The Kier molecular flexibility index (Phi) is 5.72. The van der Waals surface area contributed by atoms with E-state index in [9.17, 15) is 0 Å². The molecule has 0 spiro atoms. The van der Waals surface area contributed by atoms with Crippen LogP contribution in [0.3, 0.4) is 0 Å². The Balaban J connectivity index is 1.84. The van der Waals surface area contributed by atoms with Gasteiger partial charge in [0.2, 0.25) is 0 Å². The minimum Gasteiger partial charge on any atom is -0.493 e. The molecule has 3 heteroatoms. The summed E-state index contributed by atoms with van der Waals surface area (Å²) in [6, 6.07) is 6.87. The fourth-order valence-electron chi connectivity index (χ4n) is 3.06. The number of methoxy groups -OCH3 is 2. The van der Waals surface area contributed by atoms with E-state index in [1.165, 1.54) is 31.2 Å². The number of hydrogen-bond acceptors (Lipinski definition) is 3. The van der Waals surface area contributed by atoms with Crippen molar-refractivity contribution < 1.29 is 9.47 Å². The average Bonchev–Trinajstić information content (AvgIpc) is 2.49. The molecule has 1 fully saturated rings. The molecule has 0 radical (unpaired) electrons. The van der Waals surface area contributed by atoms with Gasteiger partial charge in [0, 0.05) is 6.04 Å². The van der Waals surface area contributed by atoms with E-state index in [0.29, 0.717) is 6.04 Å². The van der Waals surface area contributed by atoms with Gasteiger partial charge in [-0.3, -0.25) is 0 Å². The second-order valence-electron chi connectivity index (χ2n) is 5.76. The third-order valence-electron chi connectivity index (χ3n) is 4.38.